The molecule has 3 rings (SSSR count). The molecule has 1 fully saturated rings. The molecule has 0 aromatic heterocycles. The number of benzene rings is 2. The van der Waals surface area contributed by atoms with Gasteiger partial charge in [-0.1, -0.05) is 42.5 Å². The van der Waals surface area contributed by atoms with Crippen molar-refractivity contribution in [1.29, 1.82) is 0 Å². The highest BCUT2D eigenvalue weighted by Gasteiger charge is 2.25. The van der Waals surface area contributed by atoms with Gasteiger partial charge in [-0.25, -0.2) is 0 Å². The molecule has 1 saturated heterocycles. The molecule has 2 aromatic rings. The second-order valence-electron chi connectivity index (χ2n) is 6.12. The third kappa shape index (κ3) is 3.71. The molecular weight excluding hydrogens is 300 g/mol. The van der Waals surface area contributed by atoms with Crippen LogP contribution in [0.4, 0.5) is 0 Å². The quantitative estimate of drug-likeness (QED) is 0.855. The Labute approximate surface area is 144 Å². The van der Waals surface area contributed by atoms with E-state index in [9.17, 15) is 0 Å². The van der Waals surface area contributed by atoms with Gasteiger partial charge in [0.15, 0.2) is 11.5 Å². The second kappa shape index (κ2) is 8.18. The molecule has 4 nitrogen and oxygen atoms in total. The maximum absolute atomic E-state index is 5.54. The van der Waals surface area contributed by atoms with E-state index in [1.807, 2.05) is 12.1 Å². The van der Waals surface area contributed by atoms with Gasteiger partial charge >= 0.3 is 0 Å². The van der Waals surface area contributed by atoms with Crippen LogP contribution in [-0.2, 0) is 6.54 Å². The first-order chi connectivity index (χ1) is 11.8. The number of ether oxygens (including phenoxy) is 2. The SMILES string of the molecule is COc1cccc(CNC2CCCNC2c2ccccc2)c1OC. The lowest BCUT2D eigenvalue weighted by atomic mass is 9.92. The van der Waals surface area contributed by atoms with Crippen molar-refractivity contribution in [3.63, 3.8) is 0 Å². The predicted molar refractivity (Wildman–Crippen MR) is 96.6 cm³/mol. The van der Waals surface area contributed by atoms with E-state index in [-0.39, 0.29) is 0 Å². The highest BCUT2D eigenvalue weighted by Crippen LogP contribution is 2.31. The van der Waals surface area contributed by atoms with Crippen molar-refractivity contribution < 1.29 is 9.47 Å². The summed E-state index contributed by atoms with van der Waals surface area (Å²) in [6.07, 6.45) is 2.36. The molecule has 0 amide bonds. The van der Waals surface area contributed by atoms with Gasteiger partial charge in [-0.05, 0) is 31.0 Å². The van der Waals surface area contributed by atoms with E-state index in [1.54, 1.807) is 14.2 Å². The number of hydrogen-bond acceptors (Lipinski definition) is 4. The smallest absolute Gasteiger partial charge is 0.165 e. The topological polar surface area (TPSA) is 42.5 Å². The first-order valence-electron chi connectivity index (χ1n) is 8.55. The Kier molecular flexibility index (Phi) is 5.72. The van der Waals surface area contributed by atoms with E-state index in [2.05, 4.69) is 47.0 Å². The lowest BCUT2D eigenvalue weighted by Gasteiger charge is -2.34. The van der Waals surface area contributed by atoms with Gasteiger partial charge in [0.25, 0.3) is 0 Å². The third-order valence-corrected chi connectivity index (χ3v) is 4.66. The van der Waals surface area contributed by atoms with Crippen LogP contribution in [0.2, 0.25) is 0 Å². The summed E-state index contributed by atoms with van der Waals surface area (Å²) in [4.78, 5) is 0. The van der Waals surface area contributed by atoms with Crippen molar-refractivity contribution in [2.75, 3.05) is 20.8 Å². The summed E-state index contributed by atoms with van der Waals surface area (Å²) in [5, 5.41) is 7.37. The van der Waals surface area contributed by atoms with Crippen LogP contribution in [0, 0.1) is 0 Å². The highest BCUT2D eigenvalue weighted by molar-refractivity contribution is 5.46. The normalized spacial score (nSPS) is 20.6. The summed E-state index contributed by atoms with van der Waals surface area (Å²) in [5.74, 6) is 1.59. The van der Waals surface area contributed by atoms with Gasteiger partial charge in [0, 0.05) is 24.2 Å². The Morgan fingerprint density at radius 2 is 1.88 bits per heavy atom. The van der Waals surface area contributed by atoms with Gasteiger partial charge < -0.3 is 20.1 Å². The summed E-state index contributed by atoms with van der Waals surface area (Å²) >= 11 is 0. The van der Waals surface area contributed by atoms with E-state index >= 15 is 0 Å². The van der Waals surface area contributed by atoms with Crippen molar-refractivity contribution in [3.8, 4) is 11.5 Å². The summed E-state index contributed by atoms with van der Waals surface area (Å²) in [7, 11) is 3.36. The minimum atomic E-state index is 0.344. The Hall–Kier alpha value is -2.04. The fourth-order valence-corrected chi connectivity index (χ4v) is 3.45. The van der Waals surface area contributed by atoms with E-state index in [4.69, 9.17) is 9.47 Å². The Morgan fingerprint density at radius 3 is 2.62 bits per heavy atom. The molecule has 128 valence electrons. The zero-order valence-electron chi connectivity index (χ0n) is 14.4. The molecule has 1 aliphatic rings. The molecule has 1 heterocycles. The van der Waals surface area contributed by atoms with Gasteiger partial charge in [-0.15, -0.1) is 0 Å². The molecule has 2 unspecified atom stereocenters. The Morgan fingerprint density at radius 1 is 1.04 bits per heavy atom. The van der Waals surface area contributed by atoms with Crippen molar-refractivity contribution in [2.24, 2.45) is 0 Å². The largest absolute Gasteiger partial charge is 0.493 e. The van der Waals surface area contributed by atoms with Crippen LogP contribution in [-0.4, -0.2) is 26.8 Å². The molecule has 0 saturated carbocycles. The second-order valence-corrected chi connectivity index (χ2v) is 6.12. The third-order valence-electron chi connectivity index (χ3n) is 4.66. The summed E-state index contributed by atoms with van der Waals surface area (Å²) in [5.41, 5.74) is 2.46. The molecule has 0 spiro atoms. The van der Waals surface area contributed by atoms with Crippen molar-refractivity contribution in [3.05, 3.63) is 59.7 Å². The first-order valence-corrected chi connectivity index (χ1v) is 8.55. The molecule has 1 aliphatic heterocycles. The van der Waals surface area contributed by atoms with E-state index in [0.29, 0.717) is 12.1 Å². The van der Waals surface area contributed by atoms with Gasteiger partial charge in [0.05, 0.1) is 14.2 Å². The van der Waals surface area contributed by atoms with Gasteiger partial charge in [0.1, 0.15) is 0 Å². The van der Waals surface area contributed by atoms with Crippen LogP contribution in [0.5, 0.6) is 11.5 Å². The molecule has 2 atom stereocenters. The Bertz CT molecular complexity index is 645. The van der Waals surface area contributed by atoms with E-state index in [1.165, 1.54) is 18.4 Å². The molecule has 4 heteroatoms. The summed E-state index contributed by atoms with van der Waals surface area (Å²) in [6.45, 7) is 1.83. The molecular formula is C20H26N2O2. The van der Waals surface area contributed by atoms with Crippen molar-refractivity contribution in [1.82, 2.24) is 10.6 Å². The molecule has 0 bridgehead atoms. The average molecular weight is 326 g/mol. The monoisotopic (exact) mass is 326 g/mol. The molecule has 24 heavy (non-hydrogen) atoms. The number of nitrogens with one attached hydrogen (secondary N) is 2. The number of hydrogen-bond donors (Lipinski definition) is 2. The fourth-order valence-electron chi connectivity index (χ4n) is 3.45. The molecule has 2 aromatic carbocycles. The zero-order chi connectivity index (χ0) is 16.8. The first kappa shape index (κ1) is 16.8. The predicted octanol–water partition coefficient (Wildman–Crippen LogP) is 3.29. The maximum Gasteiger partial charge on any atom is 0.165 e. The van der Waals surface area contributed by atoms with Crippen LogP contribution < -0.4 is 20.1 Å². The van der Waals surface area contributed by atoms with Crippen LogP contribution in [0.15, 0.2) is 48.5 Å². The fraction of sp³-hybridized carbons (Fsp3) is 0.400. The standard InChI is InChI=1S/C20H26N2O2/c1-23-18-12-6-10-16(20(18)24-2)14-22-17-11-7-13-21-19(17)15-8-4-3-5-9-15/h3-6,8-10,12,17,19,21-22H,7,11,13-14H2,1-2H3. The summed E-state index contributed by atoms with van der Waals surface area (Å²) in [6, 6.07) is 17.4. The maximum atomic E-state index is 5.54. The minimum absolute atomic E-state index is 0.344. The van der Waals surface area contributed by atoms with Crippen molar-refractivity contribution in [2.45, 2.75) is 31.5 Å². The molecule has 0 radical (unpaired) electrons. The van der Waals surface area contributed by atoms with Crippen LogP contribution >= 0.6 is 0 Å². The number of rotatable bonds is 6. The van der Waals surface area contributed by atoms with Crippen molar-refractivity contribution >= 4 is 0 Å². The minimum Gasteiger partial charge on any atom is -0.493 e. The molecule has 2 N–H and O–H groups in total. The lowest BCUT2D eigenvalue weighted by molar-refractivity contribution is 0.301. The number of para-hydroxylation sites is 1. The number of methoxy groups -OCH3 is 2. The zero-order valence-corrected chi connectivity index (χ0v) is 14.4. The van der Waals surface area contributed by atoms with Crippen LogP contribution in [0.3, 0.4) is 0 Å². The Balaban J connectivity index is 1.73. The van der Waals surface area contributed by atoms with Gasteiger partial charge in [-0.3, -0.25) is 0 Å². The van der Waals surface area contributed by atoms with Gasteiger partial charge in [0.2, 0.25) is 0 Å². The van der Waals surface area contributed by atoms with Crippen LogP contribution in [0.1, 0.15) is 30.0 Å². The molecule has 0 aliphatic carbocycles. The number of piperidine rings is 1. The average Bonchev–Trinajstić information content (AvgIpc) is 2.66. The highest BCUT2D eigenvalue weighted by atomic mass is 16.5. The lowest BCUT2D eigenvalue weighted by Crippen LogP contribution is -2.45. The van der Waals surface area contributed by atoms with E-state index < -0.39 is 0 Å². The van der Waals surface area contributed by atoms with Crippen LogP contribution in [0.25, 0.3) is 0 Å². The summed E-state index contributed by atoms with van der Waals surface area (Å²) < 4.78 is 10.9. The van der Waals surface area contributed by atoms with Gasteiger partial charge in [-0.2, -0.15) is 0 Å². The van der Waals surface area contributed by atoms with E-state index in [0.717, 1.165) is 30.2 Å².